The topological polar surface area (TPSA) is 103 Å². The number of ether oxygens (including phenoxy) is 2. The van der Waals surface area contributed by atoms with Gasteiger partial charge >= 0.3 is 0 Å². The molecule has 1 saturated heterocycles. The molecule has 2 aromatic heterocycles. The second-order valence-electron chi connectivity index (χ2n) is 9.54. The Kier molecular flexibility index (Phi) is 6.35. The number of carbonyl (C=O) groups excluding carboxylic acids is 1. The van der Waals surface area contributed by atoms with Crippen molar-refractivity contribution < 1.29 is 14.3 Å². The van der Waals surface area contributed by atoms with Crippen LogP contribution in [0.3, 0.4) is 0 Å². The van der Waals surface area contributed by atoms with Gasteiger partial charge in [-0.05, 0) is 73.9 Å². The molecule has 1 fully saturated rings. The van der Waals surface area contributed by atoms with Gasteiger partial charge in [0.1, 0.15) is 23.6 Å². The number of aryl methyl sites for hydroxylation is 2. The molecule has 0 spiro atoms. The quantitative estimate of drug-likeness (QED) is 0.302. The predicted octanol–water partition coefficient (Wildman–Crippen LogP) is 5.73. The highest BCUT2D eigenvalue weighted by Gasteiger charge is 2.21. The summed E-state index contributed by atoms with van der Waals surface area (Å²) in [6.45, 7) is 3.25. The average Bonchev–Trinajstić information content (AvgIpc) is 3.31. The molecule has 3 heterocycles. The van der Waals surface area contributed by atoms with Crippen LogP contribution in [0.2, 0.25) is 0 Å². The summed E-state index contributed by atoms with van der Waals surface area (Å²) in [6.07, 6.45) is 4.81. The third-order valence-electron chi connectivity index (χ3n) is 6.86. The molecule has 0 aliphatic carbocycles. The molecule has 0 unspecified atom stereocenters. The normalized spacial score (nSPS) is 14.1. The fraction of sp³-hybridized carbons (Fsp3) is 0.241. The molecule has 1 amide bonds. The van der Waals surface area contributed by atoms with Crippen molar-refractivity contribution in [1.82, 2.24) is 19.5 Å². The van der Waals surface area contributed by atoms with Crippen molar-refractivity contribution in [2.24, 2.45) is 13.0 Å². The molecule has 0 radical (unpaired) electrons. The van der Waals surface area contributed by atoms with Crippen LogP contribution < -0.4 is 15.4 Å². The van der Waals surface area contributed by atoms with E-state index in [-0.39, 0.29) is 11.8 Å². The maximum atomic E-state index is 12.7. The lowest BCUT2D eigenvalue weighted by molar-refractivity contribution is -0.122. The summed E-state index contributed by atoms with van der Waals surface area (Å²) in [5, 5.41) is 7.27. The monoisotopic (exact) mass is 508 g/mol. The van der Waals surface area contributed by atoms with E-state index in [0.29, 0.717) is 19.0 Å². The number of nitrogens with one attached hydrogen (secondary N) is 2. The summed E-state index contributed by atoms with van der Waals surface area (Å²) in [5.41, 5.74) is 5.28. The van der Waals surface area contributed by atoms with Crippen molar-refractivity contribution in [2.75, 3.05) is 23.8 Å². The van der Waals surface area contributed by atoms with Crippen molar-refractivity contribution in [1.29, 1.82) is 0 Å². The minimum absolute atomic E-state index is 0.0208. The summed E-state index contributed by atoms with van der Waals surface area (Å²) >= 11 is 0. The highest BCUT2D eigenvalue weighted by molar-refractivity contribution is 5.98. The molecule has 6 rings (SSSR count). The van der Waals surface area contributed by atoms with E-state index in [2.05, 4.69) is 25.6 Å². The fourth-order valence-corrected chi connectivity index (χ4v) is 4.72. The molecule has 2 N–H and O–H groups in total. The Labute approximate surface area is 219 Å². The van der Waals surface area contributed by atoms with Crippen molar-refractivity contribution in [3.05, 3.63) is 72.8 Å². The van der Waals surface area contributed by atoms with E-state index >= 15 is 0 Å². The Morgan fingerprint density at radius 1 is 0.974 bits per heavy atom. The molecule has 3 aromatic carbocycles. The van der Waals surface area contributed by atoms with Crippen LogP contribution in [-0.4, -0.2) is 38.6 Å². The highest BCUT2D eigenvalue weighted by Crippen LogP contribution is 2.31. The Morgan fingerprint density at radius 2 is 1.82 bits per heavy atom. The van der Waals surface area contributed by atoms with E-state index in [1.165, 1.54) is 6.33 Å². The van der Waals surface area contributed by atoms with Gasteiger partial charge in [0.25, 0.3) is 0 Å². The van der Waals surface area contributed by atoms with E-state index in [4.69, 9.17) is 9.47 Å². The number of hydrogen-bond acceptors (Lipinski definition) is 7. The van der Waals surface area contributed by atoms with E-state index in [1.807, 2.05) is 73.1 Å². The SMILES string of the molecule is Cc1cc(Nc2ncnc3ccc(NC(=O)C4CCOCC4)cc23)ccc1Oc1ccc2c(c1)ncn2C. The van der Waals surface area contributed by atoms with Gasteiger partial charge in [-0.1, -0.05) is 0 Å². The molecule has 1 aliphatic heterocycles. The number of hydrogen-bond donors (Lipinski definition) is 2. The van der Waals surface area contributed by atoms with Gasteiger partial charge in [-0.15, -0.1) is 0 Å². The van der Waals surface area contributed by atoms with Gasteiger partial charge < -0.3 is 24.7 Å². The summed E-state index contributed by atoms with van der Waals surface area (Å²) in [4.78, 5) is 26.0. The maximum absolute atomic E-state index is 12.7. The molecule has 0 saturated carbocycles. The number of nitrogens with zero attached hydrogens (tertiary/aromatic N) is 4. The van der Waals surface area contributed by atoms with Crippen LogP contribution in [0.5, 0.6) is 11.5 Å². The van der Waals surface area contributed by atoms with Crippen LogP contribution in [0.4, 0.5) is 17.2 Å². The average molecular weight is 509 g/mol. The second-order valence-corrected chi connectivity index (χ2v) is 9.54. The lowest BCUT2D eigenvalue weighted by atomic mass is 9.99. The van der Waals surface area contributed by atoms with Crippen molar-refractivity contribution in [2.45, 2.75) is 19.8 Å². The Morgan fingerprint density at radius 3 is 2.66 bits per heavy atom. The number of anilines is 3. The van der Waals surface area contributed by atoms with Crippen LogP contribution in [0.1, 0.15) is 18.4 Å². The highest BCUT2D eigenvalue weighted by atomic mass is 16.5. The van der Waals surface area contributed by atoms with Crippen LogP contribution in [0.15, 0.2) is 67.3 Å². The van der Waals surface area contributed by atoms with E-state index in [0.717, 1.165) is 63.2 Å². The number of imidazole rings is 1. The number of benzene rings is 3. The van der Waals surface area contributed by atoms with E-state index in [1.54, 1.807) is 6.33 Å². The number of fused-ring (bicyclic) bond motifs is 2. The first-order valence-electron chi connectivity index (χ1n) is 12.6. The van der Waals surface area contributed by atoms with Crippen LogP contribution in [0, 0.1) is 12.8 Å². The molecule has 1 aliphatic rings. The van der Waals surface area contributed by atoms with Crippen molar-refractivity contribution in [3.63, 3.8) is 0 Å². The summed E-state index contributed by atoms with van der Waals surface area (Å²) in [6, 6.07) is 17.5. The number of rotatable bonds is 6. The summed E-state index contributed by atoms with van der Waals surface area (Å²) < 4.78 is 13.5. The van der Waals surface area contributed by atoms with Crippen molar-refractivity contribution in [3.8, 4) is 11.5 Å². The first-order chi connectivity index (χ1) is 18.5. The third-order valence-corrected chi connectivity index (χ3v) is 6.86. The van der Waals surface area contributed by atoms with Gasteiger partial charge in [-0.25, -0.2) is 15.0 Å². The zero-order chi connectivity index (χ0) is 26.1. The van der Waals surface area contributed by atoms with Gasteiger partial charge in [0, 0.05) is 49.0 Å². The molecule has 38 heavy (non-hydrogen) atoms. The summed E-state index contributed by atoms with van der Waals surface area (Å²) in [5.74, 6) is 2.14. The molecular formula is C29H28N6O3. The predicted molar refractivity (Wildman–Crippen MR) is 147 cm³/mol. The van der Waals surface area contributed by atoms with Crippen LogP contribution in [0.25, 0.3) is 21.9 Å². The van der Waals surface area contributed by atoms with Gasteiger partial charge in [-0.2, -0.15) is 0 Å². The lowest BCUT2D eigenvalue weighted by Gasteiger charge is -2.21. The largest absolute Gasteiger partial charge is 0.457 e. The molecule has 9 heteroatoms. The zero-order valence-electron chi connectivity index (χ0n) is 21.3. The van der Waals surface area contributed by atoms with Crippen molar-refractivity contribution >= 4 is 45.0 Å². The van der Waals surface area contributed by atoms with Gasteiger partial charge in [-0.3, -0.25) is 4.79 Å². The maximum Gasteiger partial charge on any atom is 0.227 e. The Hall–Kier alpha value is -4.50. The molecule has 9 nitrogen and oxygen atoms in total. The molecular weight excluding hydrogens is 480 g/mol. The van der Waals surface area contributed by atoms with Gasteiger partial charge in [0.2, 0.25) is 5.91 Å². The van der Waals surface area contributed by atoms with Crippen LogP contribution >= 0.6 is 0 Å². The van der Waals surface area contributed by atoms with Crippen LogP contribution in [-0.2, 0) is 16.6 Å². The molecule has 0 atom stereocenters. The van der Waals surface area contributed by atoms with E-state index < -0.39 is 0 Å². The number of carbonyl (C=O) groups is 1. The third kappa shape index (κ3) is 4.88. The summed E-state index contributed by atoms with van der Waals surface area (Å²) in [7, 11) is 1.97. The molecule has 192 valence electrons. The van der Waals surface area contributed by atoms with Gasteiger partial charge in [0.15, 0.2) is 0 Å². The first kappa shape index (κ1) is 23.9. The fourth-order valence-electron chi connectivity index (χ4n) is 4.72. The molecule has 5 aromatic rings. The second kappa shape index (κ2) is 10.1. The Balaban J connectivity index is 1.20. The minimum Gasteiger partial charge on any atom is -0.457 e. The van der Waals surface area contributed by atoms with Gasteiger partial charge in [0.05, 0.1) is 22.9 Å². The standard InChI is InChI=1S/C29H28N6O3/c1-18-13-20(4-8-27(18)38-22-5-7-26-25(15-22)32-17-35(26)2)33-28-23-14-21(3-6-24(23)30-16-31-28)34-29(36)19-9-11-37-12-10-19/h3-8,13-17,19H,9-12H2,1-2H3,(H,34,36)(H,30,31,33). The zero-order valence-corrected chi connectivity index (χ0v) is 21.3. The lowest BCUT2D eigenvalue weighted by Crippen LogP contribution is -2.28. The number of aromatic nitrogens is 4. The smallest absolute Gasteiger partial charge is 0.227 e. The first-order valence-corrected chi connectivity index (χ1v) is 12.6. The molecule has 0 bridgehead atoms. The Bertz CT molecular complexity index is 1640. The minimum atomic E-state index is -0.0290. The van der Waals surface area contributed by atoms with E-state index in [9.17, 15) is 4.79 Å². The number of amides is 1.